The lowest BCUT2D eigenvalue weighted by molar-refractivity contribution is -0.275. The molecule has 3 aliphatic rings. The van der Waals surface area contributed by atoms with E-state index >= 15 is 0 Å². The van der Waals surface area contributed by atoms with Gasteiger partial charge in [-0.2, -0.15) is 0 Å². The third kappa shape index (κ3) is 6.88. The Bertz CT molecular complexity index is 753. The van der Waals surface area contributed by atoms with Crippen LogP contribution in [0.4, 0.5) is 17.6 Å². The van der Waals surface area contributed by atoms with Crippen LogP contribution in [0.5, 0.6) is 5.75 Å². The summed E-state index contributed by atoms with van der Waals surface area (Å²) in [5, 5.41) is 0. The van der Waals surface area contributed by atoms with Gasteiger partial charge in [0.1, 0.15) is 0 Å². The first-order chi connectivity index (χ1) is 15.8. The molecule has 0 spiro atoms. The van der Waals surface area contributed by atoms with Crippen molar-refractivity contribution in [3.05, 3.63) is 29.6 Å². The standard InChI is InChI=1S/C28H40F4O/c1-2-3-19-4-6-20(7-5-19)8-9-21-10-11-23-17-24(13-12-22(23)16-21)25-14-15-27(26(29)18-25)33-28(30,31)32/h14-15,18-24H,2-13,16-17H2,1H3. The molecular weight excluding hydrogens is 428 g/mol. The van der Waals surface area contributed by atoms with Crippen LogP contribution in [0.2, 0.25) is 0 Å². The fourth-order valence-corrected chi connectivity index (χ4v) is 7.22. The van der Waals surface area contributed by atoms with Crippen molar-refractivity contribution in [2.24, 2.45) is 29.6 Å². The Balaban J connectivity index is 1.23. The molecule has 3 fully saturated rings. The molecule has 0 aromatic heterocycles. The van der Waals surface area contributed by atoms with Crippen LogP contribution in [0, 0.1) is 35.4 Å². The lowest BCUT2D eigenvalue weighted by Gasteiger charge is -2.43. The Morgan fingerprint density at radius 2 is 1.39 bits per heavy atom. The number of rotatable bonds is 7. The van der Waals surface area contributed by atoms with E-state index in [4.69, 9.17) is 0 Å². The predicted molar refractivity (Wildman–Crippen MR) is 124 cm³/mol. The fourth-order valence-electron chi connectivity index (χ4n) is 7.22. The second-order valence-electron chi connectivity index (χ2n) is 11.2. The smallest absolute Gasteiger partial charge is 0.403 e. The summed E-state index contributed by atoms with van der Waals surface area (Å²) in [5.74, 6) is 2.85. The molecular formula is C28H40F4O. The van der Waals surface area contributed by atoms with Gasteiger partial charge in [0.2, 0.25) is 0 Å². The maximum atomic E-state index is 14.2. The van der Waals surface area contributed by atoms with Gasteiger partial charge in [-0.05, 0) is 85.3 Å². The monoisotopic (exact) mass is 468 g/mol. The zero-order chi connectivity index (χ0) is 23.4. The molecule has 33 heavy (non-hydrogen) atoms. The zero-order valence-electron chi connectivity index (χ0n) is 20.0. The van der Waals surface area contributed by atoms with E-state index in [9.17, 15) is 17.6 Å². The Kier molecular flexibility index (Phi) is 8.28. The van der Waals surface area contributed by atoms with Gasteiger partial charge in [-0.15, -0.1) is 13.2 Å². The molecule has 0 heterocycles. The number of benzene rings is 1. The van der Waals surface area contributed by atoms with E-state index in [0.29, 0.717) is 5.92 Å². The lowest BCUT2D eigenvalue weighted by Crippen LogP contribution is -2.30. The number of hydrogen-bond acceptors (Lipinski definition) is 1. The highest BCUT2D eigenvalue weighted by molar-refractivity contribution is 5.32. The first kappa shape index (κ1) is 24.9. The largest absolute Gasteiger partial charge is 0.573 e. The van der Waals surface area contributed by atoms with Crippen molar-refractivity contribution < 1.29 is 22.3 Å². The number of ether oxygens (including phenoxy) is 1. The van der Waals surface area contributed by atoms with Crippen LogP contribution in [0.1, 0.15) is 108 Å². The minimum Gasteiger partial charge on any atom is -0.403 e. The molecule has 0 aliphatic heterocycles. The highest BCUT2D eigenvalue weighted by Gasteiger charge is 2.37. The first-order valence-electron chi connectivity index (χ1n) is 13.4. The van der Waals surface area contributed by atoms with E-state index in [1.807, 2.05) is 0 Å². The van der Waals surface area contributed by atoms with Crippen LogP contribution in [0.3, 0.4) is 0 Å². The zero-order valence-corrected chi connectivity index (χ0v) is 20.0. The third-order valence-corrected chi connectivity index (χ3v) is 9.02. The van der Waals surface area contributed by atoms with Crippen LogP contribution < -0.4 is 4.74 Å². The number of halogens is 4. The SMILES string of the molecule is CCCC1CCC(CCC2CCC3CC(c4ccc(OC(F)(F)F)c(F)c4)CCC3C2)CC1. The molecule has 4 atom stereocenters. The molecule has 0 radical (unpaired) electrons. The molecule has 0 bridgehead atoms. The molecule has 0 saturated heterocycles. The van der Waals surface area contributed by atoms with E-state index in [0.717, 1.165) is 54.6 Å². The summed E-state index contributed by atoms with van der Waals surface area (Å²) in [5.41, 5.74) is 0.821. The topological polar surface area (TPSA) is 9.23 Å². The minimum atomic E-state index is -4.87. The van der Waals surface area contributed by atoms with Crippen LogP contribution >= 0.6 is 0 Å². The van der Waals surface area contributed by atoms with E-state index in [1.54, 1.807) is 6.07 Å². The summed E-state index contributed by atoms with van der Waals surface area (Å²) in [6.07, 6.45) is 13.6. The summed E-state index contributed by atoms with van der Waals surface area (Å²) in [4.78, 5) is 0. The van der Waals surface area contributed by atoms with Gasteiger partial charge >= 0.3 is 6.36 Å². The first-order valence-corrected chi connectivity index (χ1v) is 13.4. The number of hydrogen-bond donors (Lipinski definition) is 0. The van der Waals surface area contributed by atoms with E-state index in [-0.39, 0.29) is 5.92 Å². The van der Waals surface area contributed by atoms with Crippen molar-refractivity contribution >= 4 is 0 Å². The van der Waals surface area contributed by atoms with Gasteiger partial charge < -0.3 is 4.74 Å². The van der Waals surface area contributed by atoms with E-state index in [1.165, 1.54) is 76.7 Å². The number of fused-ring (bicyclic) bond motifs is 1. The highest BCUT2D eigenvalue weighted by Crippen LogP contribution is 2.49. The molecule has 0 amide bonds. The van der Waals surface area contributed by atoms with Crippen LogP contribution in [0.15, 0.2) is 18.2 Å². The van der Waals surface area contributed by atoms with Crippen molar-refractivity contribution in [1.29, 1.82) is 0 Å². The molecule has 3 saturated carbocycles. The van der Waals surface area contributed by atoms with Crippen molar-refractivity contribution in [2.75, 3.05) is 0 Å². The van der Waals surface area contributed by atoms with Crippen molar-refractivity contribution in [3.8, 4) is 5.75 Å². The molecule has 0 N–H and O–H groups in total. The van der Waals surface area contributed by atoms with Crippen LogP contribution in [0.25, 0.3) is 0 Å². The van der Waals surface area contributed by atoms with E-state index < -0.39 is 17.9 Å². The highest BCUT2D eigenvalue weighted by atomic mass is 19.4. The van der Waals surface area contributed by atoms with Crippen molar-refractivity contribution in [1.82, 2.24) is 0 Å². The van der Waals surface area contributed by atoms with Crippen molar-refractivity contribution in [2.45, 2.75) is 109 Å². The van der Waals surface area contributed by atoms with Crippen LogP contribution in [-0.4, -0.2) is 6.36 Å². The number of alkyl halides is 3. The maximum Gasteiger partial charge on any atom is 0.573 e. The predicted octanol–water partition coefficient (Wildman–Crippen LogP) is 9.41. The maximum absolute atomic E-state index is 14.2. The van der Waals surface area contributed by atoms with Gasteiger partial charge in [0.25, 0.3) is 0 Å². The summed E-state index contributed by atoms with van der Waals surface area (Å²) >= 11 is 0. The average molecular weight is 469 g/mol. The third-order valence-electron chi connectivity index (χ3n) is 9.02. The minimum absolute atomic E-state index is 0.246. The van der Waals surface area contributed by atoms with Gasteiger partial charge in [0.05, 0.1) is 0 Å². The molecule has 186 valence electrons. The molecule has 4 rings (SSSR count). The molecule has 3 aliphatic carbocycles. The molecule has 5 heteroatoms. The van der Waals surface area contributed by atoms with Crippen molar-refractivity contribution in [3.63, 3.8) is 0 Å². The molecule has 1 nitrogen and oxygen atoms in total. The summed E-state index contributed by atoms with van der Waals surface area (Å²) in [7, 11) is 0. The Morgan fingerprint density at radius 1 is 0.788 bits per heavy atom. The fraction of sp³-hybridized carbons (Fsp3) is 0.786. The average Bonchev–Trinajstić information content (AvgIpc) is 2.79. The quantitative estimate of drug-likeness (QED) is 0.362. The van der Waals surface area contributed by atoms with Gasteiger partial charge in [-0.3, -0.25) is 0 Å². The Hall–Kier alpha value is -1.26. The second-order valence-corrected chi connectivity index (χ2v) is 11.2. The van der Waals surface area contributed by atoms with Gasteiger partial charge in [-0.1, -0.05) is 70.8 Å². The summed E-state index contributed by atoms with van der Waals surface area (Å²) in [6, 6.07) is 4.01. The lowest BCUT2D eigenvalue weighted by atomic mass is 9.63. The van der Waals surface area contributed by atoms with Gasteiger partial charge in [-0.25, -0.2) is 4.39 Å². The molecule has 4 unspecified atom stereocenters. The Labute approximate surface area is 196 Å². The van der Waals surface area contributed by atoms with Crippen LogP contribution in [-0.2, 0) is 0 Å². The summed E-state index contributed by atoms with van der Waals surface area (Å²) in [6.45, 7) is 2.30. The summed E-state index contributed by atoms with van der Waals surface area (Å²) < 4.78 is 55.2. The molecule has 1 aromatic carbocycles. The normalized spacial score (nSPS) is 32.9. The van der Waals surface area contributed by atoms with Gasteiger partial charge in [0, 0.05) is 0 Å². The second kappa shape index (κ2) is 11.0. The van der Waals surface area contributed by atoms with E-state index in [2.05, 4.69) is 11.7 Å². The Morgan fingerprint density at radius 3 is 2.06 bits per heavy atom. The van der Waals surface area contributed by atoms with Gasteiger partial charge in [0.15, 0.2) is 11.6 Å². The molecule has 1 aromatic rings.